The van der Waals surface area contributed by atoms with Gasteiger partial charge in [-0.1, -0.05) is 20.8 Å². The summed E-state index contributed by atoms with van der Waals surface area (Å²) in [7, 11) is -4.37. The van der Waals surface area contributed by atoms with Crippen LogP contribution in [0.1, 0.15) is 104 Å². The average Bonchev–Trinajstić information content (AvgIpc) is 3.25. The third-order valence-corrected chi connectivity index (χ3v) is 13.4. The molecule has 7 nitrogen and oxygen atoms in total. The lowest BCUT2D eigenvalue weighted by Gasteiger charge is -2.61. The SMILES string of the molecule is C[C@H](CCC(=O)N(CCS(=O)(=O)[O-])C1CCOCC1)[C@H]1CC[C@H]2[C@@H]3CC[C@@H]4C[C@H](O)CC[C@]4(C)[C@H]3CC[C@]12C. The summed E-state index contributed by atoms with van der Waals surface area (Å²) in [5.41, 5.74) is 0.725. The average molecular weight is 567 g/mol. The number of carbonyl (C=O) groups is 1. The van der Waals surface area contributed by atoms with E-state index in [-0.39, 0.29) is 24.6 Å². The Morgan fingerprint density at radius 1 is 1.00 bits per heavy atom. The summed E-state index contributed by atoms with van der Waals surface area (Å²) < 4.78 is 39.5. The number of fused-ring (bicyclic) bond motifs is 5. The zero-order chi connectivity index (χ0) is 28.0. The van der Waals surface area contributed by atoms with E-state index < -0.39 is 15.9 Å². The predicted molar refractivity (Wildman–Crippen MR) is 150 cm³/mol. The minimum Gasteiger partial charge on any atom is -0.748 e. The molecule has 1 N–H and O–H groups in total. The molecule has 4 aliphatic carbocycles. The van der Waals surface area contributed by atoms with E-state index in [2.05, 4.69) is 20.8 Å². The fourth-order valence-corrected chi connectivity index (χ4v) is 11.0. The summed E-state index contributed by atoms with van der Waals surface area (Å²) in [6, 6.07) is -0.0376. The van der Waals surface area contributed by atoms with Gasteiger partial charge in [-0.3, -0.25) is 4.79 Å². The number of aliphatic hydroxyl groups is 1. The van der Waals surface area contributed by atoms with Crippen molar-refractivity contribution in [1.29, 1.82) is 0 Å². The Morgan fingerprint density at radius 2 is 1.69 bits per heavy atom. The highest BCUT2D eigenvalue weighted by atomic mass is 32.2. The standard InChI is InChI=1S/C31H53NO6S/c1-21(4-9-29(34)32(16-19-39(35,36)37)23-12-17-38-18-13-23)26-7-8-27-25-6-5-22-20-24(33)10-14-30(22,2)28(25)11-15-31(26,27)3/h21-28,33H,4-20H2,1-3H3,(H,35,36,37)/p-1/t21-,22-,24-,25+,26-,27+,28+,30+,31-/m1/s1. The van der Waals surface area contributed by atoms with Gasteiger partial charge in [0.25, 0.3) is 0 Å². The normalized spacial score (nSPS) is 41.8. The number of rotatable bonds is 8. The Hall–Kier alpha value is -0.700. The van der Waals surface area contributed by atoms with E-state index in [0.29, 0.717) is 61.1 Å². The van der Waals surface area contributed by atoms with Crippen molar-refractivity contribution in [2.45, 2.75) is 116 Å². The van der Waals surface area contributed by atoms with Crippen molar-refractivity contribution in [2.24, 2.45) is 46.3 Å². The molecule has 0 aromatic rings. The first kappa shape index (κ1) is 29.8. The topological polar surface area (TPSA) is 107 Å². The van der Waals surface area contributed by atoms with Gasteiger partial charge in [0, 0.05) is 32.2 Å². The number of nitrogens with zero attached hydrogens (tertiary/aromatic N) is 1. The molecule has 1 aliphatic heterocycles. The molecule has 0 spiro atoms. The molecule has 9 atom stereocenters. The van der Waals surface area contributed by atoms with Crippen molar-refractivity contribution < 1.29 is 27.6 Å². The third-order valence-electron chi connectivity index (χ3n) is 12.7. The predicted octanol–water partition coefficient (Wildman–Crippen LogP) is 4.98. The van der Waals surface area contributed by atoms with Crippen molar-refractivity contribution >= 4 is 16.0 Å². The first-order chi connectivity index (χ1) is 18.4. The summed E-state index contributed by atoms with van der Waals surface area (Å²) in [6.07, 6.45) is 13.4. The van der Waals surface area contributed by atoms with Crippen LogP contribution >= 0.6 is 0 Å². The zero-order valence-corrected chi connectivity index (χ0v) is 25.3. The highest BCUT2D eigenvalue weighted by molar-refractivity contribution is 7.85. The van der Waals surface area contributed by atoms with Crippen LogP contribution in [0.3, 0.4) is 0 Å². The Morgan fingerprint density at radius 3 is 2.41 bits per heavy atom. The second-order valence-electron chi connectivity index (χ2n) is 14.5. The van der Waals surface area contributed by atoms with Crippen LogP contribution in [-0.4, -0.2) is 66.5 Å². The summed E-state index contributed by atoms with van der Waals surface area (Å²) in [5.74, 6) is 3.58. The molecule has 0 aromatic carbocycles. The van der Waals surface area contributed by atoms with Gasteiger partial charge in [-0.15, -0.1) is 0 Å². The first-order valence-corrected chi connectivity index (χ1v) is 17.5. The lowest BCUT2D eigenvalue weighted by atomic mass is 9.44. The Balaban J connectivity index is 1.21. The quantitative estimate of drug-likeness (QED) is 0.416. The lowest BCUT2D eigenvalue weighted by Crippen LogP contribution is -2.54. The van der Waals surface area contributed by atoms with E-state index in [1.807, 2.05) is 0 Å². The molecule has 1 saturated heterocycles. The Bertz CT molecular complexity index is 982. The van der Waals surface area contributed by atoms with E-state index in [0.717, 1.165) is 37.0 Å². The van der Waals surface area contributed by atoms with Crippen molar-refractivity contribution in [3.63, 3.8) is 0 Å². The van der Waals surface area contributed by atoms with E-state index in [1.165, 1.54) is 44.9 Å². The molecule has 1 amide bonds. The summed E-state index contributed by atoms with van der Waals surface area (Å²) >= 11 is 0. The molecule has 4 saturated carbocycles. The molecule has 0 aromatic heterocycles. The zero-order valence-electron chi connectivity index (χ0n) is 24.5. The van der Waals surface area contributed by atoms with E-state index in [9.17, 15) is 22.9 Å². The van der Waals surface area contributed by atoms with Gasteiger partial charge < -0.3 is 19.3 Å². The summed E-state index contributed by atoms with van der Waals surface area (Å²) in [4.78, 5) is 15.1. The second-order valence-corrected chi connectivity index (χ2v) is 16.0. The van der Waals surface area contributed by atoms with Crippen LogP contribution in [0.5, 0.6) is 0 Å². The summed E-state index contributed by atoms with van der Waals surface area (Å²) in [6.45, 7) is 8.56. The van der Waals surface area contributed by atoms with Crippen LogP contribution < -0.4 is 0 Å². The fourth-order valence-electron chi connectivity index (χ4n) is 10.6. The maximum absolute atomic E-state index is 13.4. The number of carbonyl (C=O) groups excluding carboxylic acids is 1. The molecule has 0 bridgehead atoms. The largest absolute Gasteiger partial charge is 0.748 e. The van der Waals surface area contributed by atoms with E-state index >= 15 is 0 Å². The number of ether oxygens (including phenoxy) is 1. The highest BCUT2D eigenvalue weighted by Gasteiger charge is 2.60. The molecular formula is C31H52NO6S-. The maximum Gasteiger partial charge on any atom is 0.222 e. The number of hydrogen-bond donors (Lipinski definition) is 1. The molecule has 5 fully saturated rings. The molecule has 224 valence electrons. The van der Waals surface area contributed by atoms with Crippen molar-refractivity contribution in [1.82, 2.24) is 4.90 Å². The molecule has 39 heavy (non-hydrogen) atoms. The van der Waals surface area contributed by atoms with Crippen molar-refractivity contribution in [3.05, 3.63) is 0 Å². The van der Waals surface area contributed by atoms with E-state index in [1.54, 1.807) is 4.90 Å². The van der Waals surface area contributed by atoms with Crippen LogP contribution in [0.25, 0.3) is 0 Å². The van der Waals surface area contributed by atoms with Gasteiger partial charge in [-0.2, -0.15) is 0 Å². The highest BCUT2D eigenvalue weighted by Crippen LogP contribution is 2.68. The van der Waals surface area contributed by atoms with Crippen molar-refractivity contribution in [2.75, 3.05) is 25.5 Å². The molecule has 8 heteroatoms. The summed E-state index contributed by atoms with van der Waals surface area (Å²) in [5, 5.41) is 10.3. The van der Waals surface area contributed by atoms with Gasteiger partial charge in [0.1, 0.15) is 0 Å². The monoisotopic (exact) mass is 566 g/mol. The molecule has 5 aliphatic rings. The molecule has 0 radical (unpaired) electrons. The van der Waals surface area contributed by atoms with Crippen LogP contribution in [0, 0.1) is 46.3 Å². The van der Waals surface area contributed by atoms with Gasteiger partial charge in [-0.05, 0) is 123 Å². The number of aliphatic hydroxyl groups excluding tert-OH is 1. The number of amides is 1. The molecule has 5 rings (SSSR count). The third kappa shape index (κ3) is 5.96. The second kappa shape index (κ2) is 11.5. The maximum atomic E-state index is 13.4. The van der Waals surface area contributed by atoms with Gasteiger partial charge in [0.15, 0.2) is 0 Å². The minimum absolute atomic E-state index is 0.00715. The van der Waals surface area contributed by atoms with Gasteiger partial charge in [-0.25, -0.2) is 8.42 Å². The molecule has 0 unspecified atom stereocenters. The van der Waals surface area contributed by atoms with Gasteiger partial charge in [0.2, 0.25) is 5.91 Å². The smallest absolute Gasteiger partial charge is 0.222 e. The Labute approximate surface area is 236 Å². The minimum atomic E-state index is -4.37. The Kier molecular flexibility index (Phi) is 8.80. The molecular weight excluding hydrogens is 514 g/mol. The fraction of sp³-hybridized carbons (Fsp3) is 0.968. The van der Waals surface area contributed by atoms with Crippen LogP contribution in [0.2, 0.25) is 0 Å². The van der Waals surface area contributed by atoms with Crippen molar-refractivity contribution in [3.8, 4) is 0 Å². The van der Waals surface area contributed by atoms with Crippen LogP contribution in [-0.2, 0) is 19.6 Å². The van der Waals surface area contributed by atoms with Crippen LogP contribution in [0.4, 0.5) is 0 Å². The van der Waals surface area contributed by atoms with Crippen LogP contribution in [0.15, 0.2) is 0 Å². The first-order valence-electron chi connectivity index (χ1n) is 15.9. The lowest BCUT2D eigenvalue weighted by molar-refractivity contribution is -0.136. The van der Waals surface area contributed by atoms with E-state index in [4.69, 9.17) is 4.74 Å². The van der Waals surface area contributed by atoms with Gasteiger partial charge in [0.05, 0.1) is 22.0 Å². The van der Waals surface area contributed by atoms with Gasteiger partial charge >= 0.3 is 0 Å². The molecule has 1 heterocycles. The number of hydrogen-bond acceptors (Lipinski definition) is 6.